The van der Waals surface area contributed by atoms with Crippen LogP contribution in [-0.4, -0.2) is 5.91 Å². The molecule has 0 aliphatic rings. The Morgan fingerprint density at radius 1 is 1.26 bits per heavy atom. The van der Waals surface area contributed by atoms with Gasteiger partial charge in [-0.3, -0.25) is 4.79 Å². The van der Waals surface area contributed by atoms with E-state index in [1.165, 1.54) is 18.2 Å². The average molecular weight is 322 g/mol. The highest BCUT2D eigenvalue weighted by Gasteiger charge is 2.11. The lowest BCUT2D eigenvalue weighted by molar-refractivity contribution is 0.102. The van der Waals surface area contributed by atoms with E-state index in [1.54, 1.807) is 6.92 Å². The SMILES string of the molecule is Cc1cc(F)ccc1C(=O)Nc1ccccc1CBr. The molecule has 0 bridgehead atoms. The number of benzene rings is 2. The molecule has 0 heterocycles. The Balaban J connectivity index is 2.26. The van der Waals surface area contributed by atoms with Crippen LogP contribution in [0.5, 0.6) is 0 Å². The smallest absolute Gasteiger partial charge is 0.255 e. The van der Waals surface area contributed by atoms with Crippen LogP contribution < -0.4 is 5.32 Å². The number of para-hydroxylation sites is 1. The third-order valence-corrected chi connectivity index (χ3v) is 3.45. The van der Waals surface area contributed by atoms with Gasteiger partial charge in [-0.2, -0.15) is 0 Å². The summed E-state index contributed by atoms with van der Waals surface area (Å²) in [4.78, 5) is 12.2. The number of amides is 1. The lowest BCUT2D eigenvalue weighted by atomic mass is 10.1. The first-order valence-corrected chi connectivity index (χ1v) is 6.95. The number of alkyl halides is 1. The second-order valence-electron chi connectivity index (χ2n) is 4.20. The van der Waals surface area contributed by atoms with Gasteiger partial charge >= 0.3 is 0 Å². The summed E-state index contributed by atoms with van der Waals surface area (Å²) < 4.78 is 13.0. The zero-order valence-electron chi connectivity index (χ0n) is 10.4. The Bertz CT molecular complexity index is 613. The number of halogens is 2. The fourth-order valence-electron chi connectivity index (χ4n) is 1.83. The maximum atomic E-state index is 13.0. The van der Waals surface area contributed by atoms with E-state index < -0.39 is 0 Å². The van der Waals surface area contributed by atoms with Crippen molar-refractivity contribution >= 4 is 27.5 Å². The van der Waals surface area contributed by atoms with Crippen molar-refractivity contribution in [2.24, 2.45) is 0 Å². The van der Waals surface area contributed by atoms with E-state index in [9.17, 15) is 9.18 Å². The molecule has 19 heavy (non-hydrogen) atoms. The van der Waals surface area contributed by atoms with Crippen molar-refractivity contribution in [3.63, 3.8) is 0 Å². The lowest BCUT2D eigenvalue weighted by Gasteiger charge is -2.10. The van der Waals surface area contributed by atoms with Gasteiger partial charge in [0.2, 0.25) is 0 Å². The summed E-state index contributed by atoms with van der Waals surface area (Å²) in [6, 6.07) is 11.7. The molecule has 0 saturated carbocycles. The van der Waals surface area contributed by atoms with Gasteiger partial charge in [-0.15, -0.1) is 0 Å². The number of aryl methyl sites for hydroxylation is 1. The van der Waals surface area contributed by atoms with Crippen LogP contribution >= 0.6 is 15.9 Å². The molecule has 0 aromatic heterocycles. The third kappa shape index (κ3) is 3.20. The van der Waals surface area contributed by atoms with Crippen LogP contribution in [0, 0.1) is 12.7 Å². The zero-order valence-corrected chi connectivity index (χ0v) is 12.0. The van der Waals surface area contributed by atoms with Crippen molar-refractivity contribution in [2.45, 2.75) is 12.3 Å². The summed E-state index contributed by atoms with van der Waals surface area (Å²) in [5.41, 5.74) is 2.85. The fourth-order valence-corrected chi connectivity index (χ4v) is 2.32. The van der Waals surface area contributed by atoms with Crippen LogP contribution in [0.25, 0.3) is 0 Å². The van der Waals surface area contributed by atoms with Gasteiger partial charge in [-0.05, 0) is 42.3 Å². The van der Waals surface area contributed by atoms with Crippen molar-refractivity contribution in [3.05, 3.63) is 65.0 Å². The fraction of sp³-hybridized carbons (Fsp3) is 0.133. The molecule has 1 amide bonds. The molecule has 2 aromatic rings. The maximum absolute atomic E-state index is 13.0. The molecule has 2 rings (SSSR count). The predicted octanol–water partition coefficient (Wildman–Crippen LogP) is 4.28. The van der Waals surface area contributed by atoms with Gasteiger partial charge in [-0.1, -0.05) is 34.1 Å². The van der Waals surface area contributed by atoms with E-state index in [0.29, 0.717) is 16.5 Å². The molecule has 0 radical (unpaired) electrons. The topological polar surface area (TPSA) is 29.1 Å². The minimum Gasteiger partial charge on any atom is -0.322 e. The van der Waals surface area contributed by atoms with Crippen molar-refractivity contribution in [2.75, 3.05) is 5.32 Å². The monoisotopic (exact) mass is 321 g/mol. The Kier molecular flexibility index (Phi) is 4.32. The van der Waals surface area contributed by atoms with Crippen molar-refractivity contribution in [3.8, 4) is 0 Å². The Morgan fingerprint density at radius 3 is 2.68 bits per heavy atom. The molecule has 2 aromatic carbocycles. The molecular weight excluding hydrogens is 309 g/mol. The quantitative estimate of drug-likeness (QED) is 0.840. The Hall–Kier alpha value is -1.68. The summed E-state index contributed by atoms with van der Waals surface area (Å²) in [5, 5.41) is 3.51. The van der Waals surface area contributed by atoms with E-state index in [2.05, 4.69) is 21.2 Å². The summed E-state index contributed by atoms with van der Waals surface area (Å²) in [7, 11) is 0. The van der Waals surface area contributed by atoms with E-state index in [0.717, 1.165) is 11.3 Å². The highest BCUT2D eigenvalue weighted by molar-refractivity contribution is 9.08. The van der Waals surface area contributed by atoms with Crippen LogP contribution in [0.1, 0.15) is 21.5 Å². The molecule has 0 atom stereocenters. The number of nitrogens with one attached hydrogen (secondary N) is 1. The summed E-state index contributed by atoms with van der Waals surface area (Å²) in [5.74, 6) is -0.569. The van der Waals surface area contributed by atoms with Gasteiger partial charge in [-0.25, -0.2) is 4.39 Å². The normalized spacial score (nSPS) is 10.3. The van der Waals surface area contributed by atoms with E-state index in [-0.39, 0.29) is 11.7 Å². The largest absolute Gasteiger partial charge is 0.322 e. The summed E-state index contributed by atoms with van der Waals surface area (Å²) >= 11 is 3.38. The molecule has 0 spiro atoms. The number of hydrogen-bond donors (Lipinski definition) is 1. The zero-order chi connectivity index (χ0) is 13.8. The maximum Gasteiger partial charge on any atom is 0.255 e. The molecule has 0 aliphatic carbocycles. The minimum absolute atomic E-state index is 0.231. The van der Waals surface area contributed by atoms with Gasteiger partial charge < -0.3 is 5.32 Å². The molecular formula is C15H13BrFNO. The predicted molar refractivity (Wildman–Crippen MR) is 78.2 cm³/mol. The molecule has 0 fully saturated rings. The average Bonchev–Trinajstić information content (AvgIpc) is 2.39. The van der Waals surface area contributed by atoms with Crippen LogP contribution in [0.2, 0.25) is 0 Å². The second kappa shape index (κ2) is 5.97. The highest BCUT2D eigenvalue weighted by Crippen LogP contribution is 2.19. The molecule has 0 unspecified atom stereocenters. The van der Waals surface area contributed by atoms with Crippen LogP contribution in [0.15, 0.2) is 42.5 Å². The van der Waals surface area contributed by atoms with Crippen molar-refractivity contribution in [1.82, 2.24) is 0 Å². The number of anilines is 1. The van der Waals surface area contributed by atoms with Crippen LogP contribution in [0.3, 0.4) is 0 Å². The van der Waals surface area contributed by atoms with Gasteiger partial charge in [0, 0.05) is 16.6 Å². The first-order chi connectivity index (χ1) is 9.11. The summed E-state index contributed by atoms with van der Waals surface area (Å²) in [6.07, 6.45) is 0. The number of carbonyl (C=O) groups excluding carboxylic acids is 1. The minimum atomic E-state index is -0.338. The molecule has 0 saturated heterocycles. The van der Waals surface area contributed by atoms with Crippen LogP contribution in [-0.2, 0) is 5.33 Å². The Labute approximate surface area is 119 Å². The van der Waals surface area contributed by atoms with Crippen molar-refractivity contribution < 1.29 is 9.18 Å². The second-order valence-corrected chi connectivity index (χ2v) is 4.76. The number of hydrogen-bond acceptors (Lipinski definition) is 1. The van der Waals surface area contributed by atoms with Gasteiger partial charge in [0.05, 0.1) is 0 Å². The number of carbonyl (C=O) groups is 1. The first kappa shape index (κ1) is 13.7. The standard InChI is InChI=1S/C15H13BrFNO/c1-10-8-12(17)6-7-13(10)15(19)18-14-5-3-2-4-11(14)9-16/h2-8H,9H2,1H3,(H,18,19). The highest BCUT2D eigenvalue weighted by atomic mass is 79.9. The van der Waals surface area contributed by atoms with E-state index in [4.69, 9.17) is 0 Å². The van der Waals surface area contributed by atoms with E-state index >= 15 is 0 Å². The molecule has 2 nitrogen and oxygen atoms in total. The molecule has 4 heteroatoms. The third-order valence-electron chi connectivity index (χ3n) is 2.84. The van der Waals surface area contributed by atoms with Gasteiger partial charge in [0.1, 0.15) is 5.82 Å². The first-order valence-electron chi connectivity index (χ1n) is 5.83. The van der Waals surface area contributed by atoms with Gasteiger partial charge in [0.15, 0.2) is 0 Å². The molecule has 98 valence electrons. The number of rotatable bonds is 3. The van der Waals surface area contributed by atoms with Crippen molar-refractivity contribution in [1.29, 1.82) is 0 Å². The van der Waals surface area contributed by atoms with Gasteiger partial charge in [0.25, 0.3) is 5.91 Å². The Morgan fingerprint density at radius 2 is 2.00 bits per heavy atom. The van der Waals surface area contributed by atoms with E-state index in [1.807, 2.05) is 24.3 Å². The lowest BCUT2D eigenvalue weighted by Crippen LogP contribution is -2.14. The molecule has 0 aliphatic heterocycles. The molecule has 1 N–H and O–H groups in total. The summed E-state index contributed by atoms with van der Waals surface area (Å²) in [6.45, 7) is 1.72. The van der Waals surface area contributed by atoms with Crippen LogP contribution in [0.4, 0.5) is 10.1 Å².